The topological polar surface area (TPSA) is 104 Å². The average Bonchev–Trinajstić information content (AvgIpc) is 2.87. The van der Waals surface area contributed by atoms with E-state index in [9.17, 15) is 10.1 Å². The number of nitrogens with zero attached hydrogens (tertiary/aromatic N) is 1. The normalized spacial score (nSPS) is 14.5. The molecule has 0 saturated heterocycles. The maximum Gasteiger partial charge on any atom is 0.336 e. The smallest absolute Gasteiger partial charge is 0.336 e. The van der Waals surface area contributed by atoms with E-state index in [-0.39, 0.29) is 17.2 Å². The maximum absolute atomic E-state index is 12.4. The van der Waals surface area contributed by atoms with E-state index in [1.54, 1.807) is 55.6 Å². The molecular formula is C28H22Cl2N2O5. The van der Waals surface area contributed by atoms with Gasteiger partial charge in [0, 0.05) is 27.8 Å². The molecule has 1 atom stereocenters. The van der Waals surface area contributed by atoms with Gasteiger partial charge in [0.05, 0.1) is 19.6 Å². The van der Waals surface area contributed by atoms with Crippen LogP contribution in [0.3, 0.4) is 0 Å². The Kier molecular flexibility index (Phi) is 7.92. The summed E-state index contributed by atoms with van der Waals surface area (Å²) in [5, 5.41) is 10.7. The molecule has 0 bridgehead atoms. The Morgan fingerprint density at radius 3 is 2.65 bits per heavy atom. The number of benzene rings is 3. The summed E-state index contributed by atoms with van der Waals surface area (Å²) in [5.74, 6) is 0.559. The molecule has 0 radical (unpaired) electrons. The van der Waals surface area contributed by atoms with Crippen molar-refractivity contribution >= 4 is 35.2 Å². The van der Waals surface area contributed by atoms with E-state index in [2.05, 4.69) is 6.07 Å². The van der Waals surface area contributed by atoms with Gasteiger partial charge in [-0.05, 0) is 54.5 Å². The highest BCUT2D eigenvalue weighted by Gasteiger charge is 2.31. The number of hydrogen-bond acceptors (Lipinski definition) is 7. The van der Waals surface area contributed by atoms with E-state index in [1.807, 2.05) is 13.0 Å². The molecule has 0 saturated carbocycles. The molecule has 37 heavy (non-hydrogen) atoms. The number of ether oxygens (including phenoxy) is 4. The number of carbonyl (C=O) groups excluding carboxylic acids is 1. The van der Waals surface area contributed by atoms with Gasteiger partial charge in [0.2, 0.25) is 5.88 Å². The summed E-state index contributed by atoms with van der Waals surface area (Å²) in [6.45, 7) is 2.36. The second-order valence-corrected chi connectivity index (χ2v) is 8.73. The lowest BCUT2D eigenvalue weighted by atomic mass is 9.83. The summed E-state index contributed by atoms with van der Waals surface area (Å²) < 4.78 is 22.3. The molecule has 4 rings (SSSR count). The van der Waals surface area contributed by atoms with Gasteiger partial charge in [-0.25, -0.2) is 4.79 Å². The third kappa shape index (κ3) is 5.67. The van der Waals surface area contributed by atoms with Gasteiger partial charge in [0.25, 0.3) is 0 Å². The first-order chi connectivity index (χ1) is 17.8. The molecule has 0 fully saturated rings. The van der Waals surface area contributed by atoms with Crippen molar-refractivity contribution < 1.29 is 23.7 Å². The zero-order valence-corrected chi connectivity index (χ0v) is 21.5. The fourth-order valence-electron chi connectivity index (χ4n) is 3.93. The molecule has 1 heterocycles. The minimum Gasteiger partial charge on any atom is -0.493 e. The fourth-order valence-corrected chi connectivity index (χ4v) is 4.40. The second kappa shape index (κ2) is 11.3. The van der Waals surface area contributed by atoms with Crippen molar-refractivity contribution in [2.75, 3.05) is 13.7 Å². The van der Waals surface area contributed by atoms with Crippen molar-refractivity contribution in [1.29, 1.82) is 5.26 Å². The summed E-state index contributed by atoms with van der Waals surface area (Å²) in [6.07, 6.45) is 2.79. The first-order valence-electron chi connectivity index (χ1n) is 11.2. The molecule has 0 spiro atoms. The van der Waals surface area contributed by atoms with Gasteiger partial charge in [0.15, 0.2) is 11.5 Å². The Bertz CT molecular complexity index is 1460. The van der Waals surface area contributed by atoms with Gasteiger partial charge in [0.1, 0.15) is 23.1 Å². The van der Waals surface area contributed by atoms with Gasteiger partial charge >= 0.3 is 5.97 Å². The van der Waals surface area contributed by atoms with Crippen LogP contribution in [-0.4, -0.2) is 19.7 Å². The zero-order chi connectivity index (χ0) is 26.5. The third-order valence-corrected chi connectivity index (χ3v) is 6.15. The van der Waals surface area contributed by atoms with Gasteiger partial charge in [-0.1, -0.05) is 41.4 Å². The van der Waals surface area contributed by atoms with Crippen molar-refractivity contribution in [2.45, 2.75) is 12.8 Å². The minimum atomic E-state index is -0.615. The molecule has 2 N–H and O–H groups in total. The molecular weight excluding hydrogens is 515 g/mol. The molecule has 1 unspecified atom stereocenters. The summed E-state index contributed by atoms with van der Waals surface area (Å²) in [7, 11) is 1.55. The average molecular weight is 537 g/mol. The van der Waals surface area contributed by atoms with Crippen molar-refractivity contribution in [1.82, 2.24) is 0 Å². The van der Waals surface area contributed by atoms with Crippen molar-refractivity contribution in [2.24, 2.45) is 5.73 Å². The monoisotopic (exact) mass is 536 g/mol. The van der Waals surface area contributed by atoms with E-state index in [0.29, 0.717) is 45.0 Å². The number of esters is 1. The Labute approximate surface area is 224 Å². The number of halogens is 2. The van der Waals surface area contributed by atoms with Gasteiger partial charge in [-0.15, -0.1) is 0 Å². The minimum absolute atomic E-state index is 0.0337. The highest BCUT2D eigenvalue weighted by Crippen LogP contribution is 2.45. The predicted molar refractivity (Wildman–Crippen MR) is 141 cm³/mol. The highest BCUT2D eigenvalue weighted by atomic mass is 35.5. The van der Waals surface area contributed by atoms with Gasteiger partial charge < -0.3 is 24.7 Å². The Morgan fingerprint density at radius 1 is 1.14 bits per heavy atom. The quantitative estimate of drug-likeness (QED) is 0.216. The summed E-state index contributed by atoms with van der Waals surface area (Å²) in [6, 6.07) is 17.4. The molecule has 1 aliphatic heterocycles. The number of fused-ring (bicyclic) bond motifs is 1. The van der Waals surface area contributed by atoms with E-state index < -0.39 is 11.9 Å². The molecule has 0 aliphatic carbocycles. The number of nitriles is 1. The summed E-state index contributed by atoms with van der Waals surface area (Å²) in [5.41, 5.74) is 8.42. The van der Waals surface area contributed by atoms with Gasteiger partial charge in [-0.3, -0.25) is 0 Å². The molecule has 7 nitrogen and oxygen atoms in total. The number of carbonyl (C=O) groups is 1. The molecule has 1 aliphatic rings. The second-order valence-electron chi connectivity index (χ2n) is 7.89. The first kappa shape index (κ1) is 26.0. The van der Waals surface area contributed by atoms with E-state index in [1.165, 1.54) is 12.2 Å². The van der Waals surface area contributed by atoms with Crippen LogP contribution < -0.4 is 24.7 Å². The van der Waals surface area contributed by atoms with Crippen LogP contribution in [0.15, 0.2) is 72.1 Å². The van der Waals surface area contributed by atoms with E-state index in [0.717, 1.165) is 5.56 Å². The van der Waals surface area contributed by atoms with Crippen LogP contribution >= 0.6 is 23.2 Å². The lowest BCUT2D eigenvalue weighted by Gasteiger charge is -2.27. The zero-order valence-electron chi connectivity index (χ0n) is 20.0. The SMILES string of the molecule is CCOc1ccc(C2C(C#N)=C(N)Oc3cc(OC(=O)/C=C/c4ccc(Cl)cc4Cl)ccc32)cc1OC. The molecule has 0 aromatic heterocycles. The van der Waals surface area contributed by atoms with Crippen LogP contribution in [0, 0.1) is 11.3 Å². The Balaban J connectivity index is 1.62. The predicted octanol–water partition coefficient (Wildman–Crippen LogP) is 6.24. The third-order valence-electron chi connectivity index (χ3n) is 5.59. The number of hydrogen-bond donors (Lipinski definition) is 1. The van der Waals surface area contributed by atoms with Crippen molar-refractivity contribution in [3.8, 4) is 29.1 Å². The largest absolute Gasteiger partial charge is 0.493 e. The molecule has 3 aromatic rings. The van der Waals surface area contributed by atoms with Crippen LogP contribution in [0.25, 0.3) is 6.08 Å². The van der Waals surface area contributed by atoms with E-state index >= 15 is 0 Å². The number of nitrogens with two attached hydrogens (primary N) is 1. The van der Waals surface area contributed by atoms with Crippen LogP contribution in [0.5, 0.6) is 23.0 Å². The van der Waals surface area contributed by atoms with E-state index in [4.69, 9.17) is 47.9 Å². The lowest BCUT2D eigenvalue weighted by molar-refractivity contribution is -0.128. The highest BCUT2D eigenvalue weighted by molar-refractivity contribution is 6.35. The van der Waals surface area contributed by atoms with Crippen LogP contribution in [-0.2, 0) is 4.79 Å². The van der Waals surface area contributed by atoms with Crippen LogP contribution in [0.2, 0.25) is 10.0 Å². The van der Waals surface area contributed by atoms with Crippen molar-refractivity contribution in [3.63, 3.8) is 0 Å². The first-order valence-corrected chi connectivity index (χ1v) is 12.0. The molecule has 3 aromatic carbocycles. The maximum atomic E-state index is 12.4. The van der Waals surface area contributed by atoms with Crippen LogP contribution in [0.4, 0.5) is 0 Å². The Morgan fingerprint density at radius 2 is 1.95 bits per heavy atom. The molecule has 188 valence electrons. The Hall–Kier alpha value is -4.12. The number of rotatable bonds is 7. The number of allylic oxidation sites excluding steroid dienone is 1. The van der Waals surface area contributed by atoms with Gasteiger partial charge in [-0.2, -0.15) is 5.26 Å². The summed E-state index contributed by atoms with van der Waals surface area (Å²) >= 11 is 12.0. The van der Waals surface area contributed by atoms with Crippen LogP contribution in [0.1, 0.15) is 29.5 Å². The molecule has 0 amide bonds. The fraction of sp³-hybridized carbons (Fsp3) is 0.143. The summed E-state index contributed by atoms with van der Waals surface area (Å²) in [4.78, 5) is 12.4. The molecule has 9 heteroatoms. The van der Waals surface area contributed by atoms with Crippen molar-refractivity contribution in [3.05, 3.63) is 98.9 Å². The number of methoxy groups -OCH3 is 1. The standard InChI is InChI=1S/C28H22Cl2N2O5/c1-3-35-23-10-5-17(12-25(23)34-2)27-20-9-8-19(14-24(20)37-28(32)21(27)15-31)36-26(33)11-6-16-4-7-18(29)13-22(16)30/h4-14,27H,3,32H2,1-2H3/b11-6+. The lowest BCUT2D eigenvalue weighted by Crippen LogP contribution is -2.21.